The van der Waals surface area contributed by atoms with Crippen LogP contribution in [0.4, 0.5) is 5.69 Å². The fraction of sp³-hybridized carbons (Fsp3) is 0.550. The summed E-state index contributed by atoms with van der Waals surface area (Å²) in [6, 6.07) is 7.40. The number of carbonyl (C=O) groups is 3. The van der Waals surface area contributed by atoms with Crippen molar-refractivity contribution in [2.75, 3.05) is 5.32 Å². The summed E-state index contributed by atoms with van der Waals surface area (Å²) in [5, 5.41) is 14.9. The van der Waals surface area contributed by atoms with Crippen LogP contribution in [-0.2, 0) is 20.9 Å². The second-order valence-electron chi connectivity index (χ2n) is 7.46. The highest BCUT2D eigenvalue weighted by molar-refractivity contribution is 5.90. The SMILES string of the molecule is CC(C)CC(=O)Nc1cccc(CNC(=O)C2CCCC(C(=O)O)C2)c1. The summed E-state index contributed by atoms with van der Waals surface area (Å²) < 4.78 is 0. The smallest absolute Gasteiger partial charge is 0.306 e. The molecule has 6 nitrogen and oxygen atoms in total. The van der Waals surface area contributed by atoms with Gasteiger partial charge in [-0.05, 0) is 42.9 Å². The summed E-state index contributed by atoms with van der Waals surface area (Å²) >= 11 is 0. The van der Waals surface area contributed by atoms with Crippen molar-refractivity contribution in [1.29, 1.82) is 0 Å². The molecule has 0 saturated heterocycles. The number of carboxylic acids is 1. The number of hydrogen-bond donors (Lipinski definition) is 3. The molecular formula is C20H28N2O4. The Morgan fingerprint density at radius 1 is 1.19 bits per heavy atom. The third-order valence-corrected chi connectivity index (χ3v) is 4.67. The lowest BCUT2D eigenvalue weighted by Gasteiger charge is -2.25. The van der Waals surface area contributed by atoms with E-state index in [1.807, 2.05) is 38.1 Å². The Hall–Kier alpha value is -2.37. The molecule has 6 heteroatoms. The van der Waals surface area contributed by atoms with Crippen LogP contribution in [0.25, 0.3) is 0 Å². The number of benzene rings is 1. The minimum absolute atomic E-state index is 0.0249. The quantitative estimate of drug-likeness (QED) is 0.696. The third-order valence-electron chi connectivity index (χ3n) is 4.67. The highest BCUT2D eigenvalue weighted by atomic mass is 16.4. The van der Waals surface area contributed by atoms with Gasteiger partial charge >= 0.3 is 5.97 Å². The molecule has 0 spiro atoms. The molecule has 0 radical (unpaired) electrons. The van der Waals surface area contributed by atoms with Gasteiger partial charge in [-0.1, -0.05) is 32.4 Å². The van der Waals surface area contributed by atoms with Crippen LogP contribution in [0.5, 0.6) is 0 Å². The maximum Gasteiger partial charge on any atom is 0.306 e. The fourth-order valence-corrected chi connectivity index (χ4v) is 3.33. The molecule has 1 saturated carbocycles. The first-order chi connectivity index (χ1) is 12.3. The van der Waals surface area contributed by atoms with E-state index in [0.717, 1.165) is 18.4 Å². The van der Waals surface area contributed by atoms with Crippen LogP contribution in [0.2, 0.25) is 0 Å². The molecule has 0 aromatic heterocycles. The van der Waals surface area contributed by atoms with E-state index in [9.17, 15) is 14.4 Å². The first kappa shape index (κ1) is 19.9. The van der Waals surface area contributed by atoms with Crippen LogP contribution >= 0.6 is 0 Å². The number of anilines is 1. The second-order valence-corrected chi connectivity index (χ2v) is 7.46. The zero-order chi connectivity index (χ0) is 19.1. The van der Waals surface area contributed by atoms with E-state index >= 15 is 0 Å². The molecule has 2 unspecified atom stereocenters. The van der Waals surface area contributed by atoms with Gasteiger partial charge in [-0.15, -0.1) is 0 Å². The Bertz CT molecular complexity index is 657. The van der Waals surface area contributed by atoms with Gasteiger partial charge in [0.15, 0.2) is 0 Å². The summed E-state index contributed by atoms with van der Waals surface area (Å²) in [6.07, 6.45) is 3.03. The first-order valence-corrected chi connectivity index (χ1v) is 9.24. The van der Waals surface area contributed by atoms with Gasteiger partial charge in [-0.3, -0.25) is 14.4 Å². The number of amides is 2. The molecule has 3 N–H and O–H groups in total. The average Bonchev–Trinajstić information content (AvgIpc) is 2.59. The molecule has 1 aliphatic rings. The monoisotopic (exact) mass is 360 g/mol. The van der Waals surface area contributed by atoms with Crippen molar-refractivity contribution in [3.8, 4) is 0 Å². The van der Waals surface area contributed by atoms with Crippen molar-refractivity contribution < 1.29 is 19.5 Å². The van der Waals surface area contributed by atoms with E-state index in [-0.39, 0.29) is 17.7 Å². The molecular weight excluding hydrogens is 332 g/mol. The van der Waals surface area contributed by atoms with Crippen molar-refractivity contribution in [3.05, 3.63) is 29.8 Å². The van der Waals surface area contributed by atoms with E-state index in [4.69, 9.17) is 5.11 Å². The van der Waals surface area contributed by atoms with Crippen molar-refractivity contribution in [1.82, 2.24) is 5.32 Å². The molecule has 2 rings (SSSR count). The van der Waals surface area contributed by atoms with Crippen LogP contribution in [0.15, 0.2) is 24.3 Å². The Morgan fingerprint density at radius 2 is 1.92 bits per heavy atom. The van der Waals surface area contributed by atoms with Crippen molar-refractivity contribution >= 4 is 23.5 Å². The molecule has 1 fully saturated rings. The number of aliphatic carboxylic acids is 1. The molecule has 142 valence electrons. The average molecular weight is 360 g/mol. The molecule has 0 heterocycles. The molecule has 2 amide bonds. The Labute approximate surface area is 154 Å². The number of hydrogen-bond acceptors (Lipinski definition) is 3. The largest absolute Gasteiger partial charge is 0.481 e. The maximum atomic E-state index is 12.3. The predicted molar refractivity (Wildman–Crippen MR) is 99.5 cm³/mol. The summed E-state index contributed by atoms with van der Waals surface area (Å²) in [7, 11) is 0. The van der Waals surface area contributed by atoms with Gasteiger partial charge in [0, 0.05) is 24.6 Å². The van der Waals surface area contributed by atoms with Crippen molar-refractivity contribution in [3.63, 3.8) is 0 Å². The minimum atomic E-state index is -0.813. The molecule has 2 atom stereocenters. The van der Waals surface area contributed by atoms with Crippen LogP contribution < -0.4 is 10.6 Å². The number of carbonyl (C=O) groups excluding carboxylic acids is 2. The van der Waals surface area contributed by atoms with Crippen molar-refractivity contribution in [2.24, 2.45) is 17.8 Å². The Morgan fingerprint density at radius 3 is 2.62 bits per heavy atom. The number of nitrogens with one attached hydrogen (secondary N) is 2. The van der Waals surface area contributed by atoms with Gasteiger partial charge in [0.25, 0.3) is 0 Å². The topological polar surface area (TPSA) is 95.5 Å². The summed E-state index contributed by atoms with van der Waals surface area (Å²) in [4.78, 5) is 35.3. The molecule has 1 aliphatic carbocycles. The highest BCUT2D eigenvalue weighted by Gasteiger charge is 2.30. The molecule has 1 aromatic rings. The molecule has 1 aromatic carbocycles. The molecule has 26 heavy (non-hydrogen) atoms. The Balaban J connectivity index is 1.87. The highest BCUT2D eigenvalue weighted by Crippen LogP contribution is 2.29. The lowest BCUT2D eigenvalue weighted by atomic mass is 9.81. The van der Waals surface area contributed by atoms with Gasteiger partial charge in [0.1, 0.15) is 0 Å². The normalized spacial score (nSPS) is 19.8. The van der Waals surface area contributed by atoms with Crippen LogP contribution in [-0.4, -0.2) is 22.9 Å². The zero-order valence-electron chi connectivity index (χ0n) is 15.5. The molecule has 0 bridgehead atoms. The first-order valence-electron chi connectivity index (χ1n) is 9.24. The fourth-order valence-electron chi connectivity index (χ4n) is 3.33. The van der Waals surface area contributed by atoms with Crippen LogP contribution in [0.3, 0.4) is 0 Å². The summed E-state index contributed by atoms with van der Waals surface area (Å²) in [5.74, 6) is -1.29. The van der Waals surface area contributed by atoms with Crippen molar-refractivity contribution in [2.45, 2.75) is 52.5 Å². The maximum absolute atomic E-state index is 12.3. The third kappa shape index (κ3) is 6.17. The van der Waals surface area contributed by atoms with Gasteiger partial charge < -0.3 is 15.7 Å². The summed E-state index contributed by atoms with van der Waals surface area (Å²) in [6.45, 7) is 4.35. The Kier molecular flexibility index (Phi) is 7.18. The van der Waals surface area contributed by atoms with Crippen LogP contribution in [0.1, 0.15) is 51.5 Å². The lowest BCUT2D eigenvalue weighted by molar-refractivity contribution is -0.144. The predicted octanol–water partition coefficient (Wildman–Crippen LogP) is 3.18. The van der Waals surface area contributed by atoms with E-state index in [1.54, 1.807) is 0 Å². The van der Waals surface area contributed by atoms with Gasteiger partial charge in [0.05, 0.1) is 5.92 Å². The van der Waals surface area contributed by atoms with Crippen LogP contribution in [0, 0.1) is 17.8 Å². The van der Waals surface area contributed by atoms with E-state index < -0.39 is 11.9 Å². The number of rotatable bonds is 7. The van der Waals surface area contributed by atoms with E-state index in [2.05, 4.69) is 10.6 Å². The van der Waals surface area contributed by atoms with Gasteiger partial charge in [-0.25, -0.2) is 0 Å². The van der Waals surface area contributed by atoms with E-state index in [0.29, 0.717) is 37.4 Å². The van der Waals surface area contributed by atoms with Gasteiger partial charge in [-0.2, -0.15) is 0 Å². The standard InChI is InChI=1S/C20H28N2O4/c1-13(2)9-18(23)22-17-8-3-5-14(10-17)12-21-19(24)15-6-4-7-16(11-15)20(25)26/h3,5,8,10,13,15-16H,4,6-7,9,11-12H2,1-2H3,(H,21,24)(H,22,23)(H,25,26). The summed E-state index contributed by atoms with van der Waals surface area (Å²) in [5.41, 5.74) is 1.61. The lowest BCUT2D eigenvalue weighted by Crippen LogP contribution is -2.35. The zero-order valence-corrected chi connectivity index (χ0v) is 15.5. The van der Waals surface area contributed by atoms with Gasteiger partial charge in [0.2, 0.25) is 11.8 Å². The molecule has 0 aliphatic heterocycles. The minimum Gasteiger partial charge on any atom is -0.481 e. The second kappa shape index (κ2) is 9.36. The van der Waals surface area contributed by atoms with E-state index in [1.165, 1.54) is 0 Å². The number of carboxylic acid groups (broad SMARTS) is 1.